The van der Waals surface area contributed by atoms with Gasteiger partial charge in [-0.25, -0.2) is 4.98 Å². The van der Waals surface area contributed by atoms with Gasteiger partial charge in [-0.3, -0.25) is 9.59 Å². The largest absolute Gasteiger partial charge is 0.338 e. The van der Waals surface area contributed by atoms with E-state index in [9.17, 15) is 9.59 Å². The molecule has 3 heterocycles. The quantitative estimate of drug-likeness (QED) is 0.741. The molecule has 1 aliphatic rings. The lowest BCUT2D eigenvalue weighted by Gasteiger charge is -2.32. The lowest BCUT2D eigenvalue weighted by Crippen LogP contribution is -2.39. The summed E-state index contributed by atoms with van der Waals surface area (Å²) in [6, 6.07) is 8.72. The molecule has 1 N–H and O–H groups in total. The maximum Gasteiger partial charge on any atom is 0.253 e. The van der Waals surface area contributed by atoms with E-state index in [-0.39, 0.29) is 17.4 Å². The lowest BCUT2D eigenvalue weighted by atomic mass is 9.94. The van der Waals surface area contributed by atoms with Crippen LogP contribution in [0.25, 0.3) is 11.4 Å². The predicted octanol–water partition coefficient (Wildman–Crippen LogP) is 0.980. The van der Waals surface area contributed by atoms with Gasteiger partial charge < -0.3 is 9.88 Å². The number of amides is 1. The third-order valence-corrected chi connectivity index (χ3v) is 4.72. The standard InChI is InChI=1S/C18H19N7O2/c1-24-22-17(21-23-24)12-4-6-13(7-5-12)18(27)25-8-2-3-14(10-25)15-9-16(26)20-11-19-15/h4-7,9,11,14H,2-3,8,10H2,1H3,(H,19,20,26). The number of hydrogen-bond donors (Lipinski definition) is 1. The molecular formula is C18H19N7O2. The number of aromatic nitrogens is 6. The first-order valence-electron chi connectivity index (χ1n) is 8.78. The number of aromatic amines is 1. The highest BCUT2D eigenvalue weighted by molar-refractivity contribution is 5.94. The second kappa shape index (κ2) is 7.10. The molecule has 0 radical (unpaired) electrons. The summed E-state index contributed by atoms with van der Waals surface area (Å²) in [5.74, 6) is 0.575. The Morgan fingerprint density at radius 2 is 2.07 bits per heavy atom. The summed E-state index contributed by atoms with van der Waals surface area (Å²) in [5, 5.41) is 11.9. The van der Waals surface area contributed by atoms with Crippen LogP contribution in [0.3, 0.4) is 0 Å². The highest BCUT2D eigenvalue weighted by atomic mass is 16.2. The van der Waals surface area contributed by atoms with Gasteiger partial charge >= 0.3 is 0 Å². The van der Waals surface area contributed by atoms with Crippen LogP contribution in [0.4, 0.5) is 0 Å². The summed E-state index contributed by atoms with van der Waals surface area (Å²) in [5.41, 5.74) is 1.99. The van der Waals surface area contributed by atoms with Crippen LogP contribution in [0.2, 0.25) is 0 Å². The summed E-state index contributed by atoms with van der Waals surface area (Å²) in [6.07, 6.45) is 3.21. The van der Waals surface area contributed by atoms with Gasteiger partial charge in [0.1, 0.15) is 0 Å². The molecule has 4 rings (SSSR count). The van der Waals surface area contributed by atoms with E-state index in [2.05, 4.69) is 25.4 Å². The molecule has 9 heteroatoms. The van der Waals surface area contributed by atoms with E-state index in [1.165, 1.54) is 17.2 Å². The van der Waals surface area contributed by atoms with Gasteiger partial charge in [-0.05, 0) is 30.2 Å². The van der Waals surface area contributed by atoms with E-state index in [0.717, 1.165) is 24.1 Å². The van der Waals surface area contributed by atoms with Crippen molar-refractivity contribution in [2.45, 2.75) is 18.8 Å². The Hall–Kier alpha value is -3.36. The normalized spacial score (nSPS) is 17.1. The first-order valence-corrected chi connectivity index (χ1v) is 8.78. The maximum atomic E-state index is 12.9. The summed E-state index contributed by atoms with van der Waals surface area (Å²) in [7, 11) is 1.70. The number of nitrogens with one attached hydrogen (secondary N) is 1. The molecule has 1 aromatic carbocycles. The minimum atomic E-state index is -0.170. The zero-order valence-electron chi connectivity index (χ0n) is 14.9. The SMILES string of the molecule is Cn1nnc(-c2ccc(C(=O)N3CCCC(c4cc(=O)[nH]cn4)C3)cc2)n1. The molecule has 1 aliphatic heterocycles. The Balaban J connectivity index is 1.49. The molecule has 0 aliphatic carbocycles. The second-order valence-corrected chi connectivity index (χ2v) is 6.61. The first-order chi connectivity index (χ1) is 13.1. The van der Waals surface area contributed by atoms with Gasteiger partial charge in [0.2, 0.25) is 5.82 Å². The summed E-state index contributed by atoms with van der Waals surface area (Å²) >= 11 is 0. The van der Waals surface area contributed by atoms with Crippen LogP contribution < -0.4 is 5.56 Å². The van der Waals surface area contributed by atoms with Crippen molar-refractivity contribution >= 4 is 5.91 Å². The second-order valence-electron chi connectivity index (χ2n) is 6.61. The zero-order valence-corrected chi connectivity index (χ0v) is 14.9. The smallest absolute Gasteiger partial charge is 0.253 e. The van der Waals surface area contributed by atoms with Crippen molar-refractivity contribution in [2.24, 2.45) is 7.05 Å². The Morgan fingerprint density at radius 1 is 1.26 bits per heavy atom. The molecular weight excluding hydrogens is 346 g/mol. The zero-order chi connectivity index (χ0) is 18.8. The highest BCUT2D eigenvalue weighted by Gasteiger charge is 2.26. The Bertz CT molecular complexity index is 1010. The van der Waals surface area contributed by atoms with E-state index in [4.69, 9.17) is 0 Å². The van der Waals surface area contributed by atoms with Crippen molar-refractivity contribution in [3.63, 3.8) is 0 Å². The fraction of sp³-hybridized carbons (Fsp3) is 0.333. The Morgan fingerprint density at radius 3 is 2.78 bits per heavy atom. The van der Waals surface area contributed by atoms with Crippen molar-refractivity contribution in [2.75, 3.05) is 13.1 Å². The Kier molecular flexibility index (Phi) is 4.49. The fourth-order valence-electron chi connectivity index (χ4n) is 3.35. The highest BCUT2D eigenvalue weighted by Crippen LogP contribution is 2.26. The topological polar surface area (TPSA) is 110 Å². The lowest BCUT2D eigenvalue weighted by molar-refractivity contribution is 0.0706. The van der Waals surface area contributed by atoms with Gasteiger partial charge in [0.15, 0.2) is 0 Å². The molecule has 138 valence electrons. The molecule has 3 aromatic rings. The van der Waals surface area contributed by atoms with Crippen LogP contribution in [0.5, 0.6) is 0 Å². The van der Waals surface area contributed by atoms with Gasteiger partial charge in [-0.15, -0.1) is 10.2 Å². The summed E-state index contributed by atoms with van der Waals surface area (Å²) in [4.78, 5) is 34.4. The van der Waals surface area contributed by atoms with E-state index >= 15 is 0 Å². The Labute approximate surface area is 155 Å². The van der Waals surface area contributed by atoms with Crippen LogP contribution in [0, 0.1) is 0 Å². The number of aryl methyl sites for hydroxylation is 1. The number of rotatable bonds is 3. The summed E-state index contributed by atoms with van der Waals surface area (Å²) < 4.78 is 0. The molecule has 1 saturated heterocycles. The van der Waals surface area contributed by atoms with Gasteiger partial charge in [-0.2, -0.15) is 4.80 Å². The third-order valence-electron chi connectivity index (χ3n) is 4.72. The van der Waals surface area contributed by atoms with Gasteiger partial charge in [0.05, 0.1) is 19.1 Å². The molecule has 1 fully saturated rings. The van der Waals surface area contributed by atoms with Crippen LogP contribution >= 0.6 is 0 Å². The van der Waals surface area contributed by atoms with E-state index in [1.54, 1.807) is 19.2 Å². The van der Waals surface area contributed by atoms with Crippen molar-refractivity contribution in [3.05, 3.63) is 58.3 Å². The average Bonchev–Trinajstić information content (AvgIpc) is 3.14. The molecule has 1 unspecified atom stereocenters. The molecule has 9 nitrogen and oxygen atoms in total. The minimum absolute atomic E-state index is 0.0248. The van der Waals surface area contributed by atoms with Gasteiger partial charge in [0, 0.05) is 36.2 Å². The molecule has 1 amide bonds. The van der Waals surface area contributed by atoms with Crippen molar-refractivity contribution in [3.8, 4) is 11.4 Å². The first kappa shape index (κ1) is 17.1. The minimum Gasteiger partial charge on any atom is -0.338 e. The molecule has 1 atom stereocenters. The van der Waals surface area contributed by atoms with Crippen LogP contribution in [-0.2, 0) is 7.05 Å². The van der Waals surface area contributed by atoms with E-state index in [0.29, 0.717) is 24.5 Å². The number of H-pyrrole nitrogens is 1. The molecule has 2 aromatic heterocycles. The molecule has 27 heavy (non-hydrogen) atoms. The van der Waals surface area contributed by atoms with Gasteiger partial charge in [0.25, 0.3) is 11.5 Å². The van der Waals surface area contributed by atoms with Crippen molar-refractivity contribution in [1.29, 1.82) is 0 Å². The number of carbonyl (C=O) groups is 1. The molecule has 0 spiro atoms. The number of piperidine rings is 1. The number of likely N-dealkylation sites (tertiary alicyclic amines) is 1. The van der Waals surface area contributed by atoms with Crippen LogP contribution in [-0.4, -0.2) is 54.1 Å². The van der Waals surface area contributed by atoms with Crippen LogP contribution in [0.1, 0.15) is 34.8 Å². The molecule has 0 bridgehead atoms. The molecule has 0 saturated carbocycles. The number of nitrogens with zero attached hydrogens (tertiary/aromatic N) is 6. The third kappa shape index (κ3) is 3.62. The van der Waals surface area contributed by atoms with Crippen molar-refractivity contribution in [1.82, 2.24) is 35.1 Å². The monoisotopic (exact) mass is 365 g/mol. The number of tetrazole rings is 1. The average molecular weight is 365 g/mol. The number of benzene rings is 1. The van der Waals surface area contributed by atoms with E-state index in [1.807, 2.05) is 17.0 Å². The van der Waals surface area contributed by atoms with Crippen molar-refractivity contribution < 1.29 is 4.79 Å². The van der Waals surface area contributed by atoms with Crippen LogP contribution in [0.15, 0.2) is 41.5 Å². The number of hydrogen-bond acceptors (Lipinski definition) is 6. The summed E-state index contributed by atoms with van der Waals surface area (Å²) in [6.45, 7) is 1.26. The van der Waals surface area contributed by atoms with E-state index < -0.39 is 0 Å². The van der Waals surface area contributed by atoms with Gasteiger partial charge in [-0.1, -0.05) is 12.1 Å². The number of carbonyl (C=O) groups excluding carboxylic acids is 1. The fourth-order valence-corrected chi connectivity index (χ4v) is 3.35. The predicted molar refractivity (Wildman–Crippen MR) is 97.0 cm³/mol. The maximum absolute atomic E-state index is 12.9.